The molecule has 1 atom stereocenters. The normalized spacial score (nSPS) is 19.6. The number of rotatable bonds is 3. The van der Waals surface area contributed by atoms with Crippen LogP contribution in [-0.2, 0) is 9.84 Å². The van der Waals surface area contributed by atoms with Gasteiger partial charge in [-0.15, -0.1) is 11.8 Å². The minimum absolute atomic E-state index is 0.549. The summed E-state index contributed by atoms with van der Waals surface area (Å²) in [6.45, 7) is 0.648. The lowest BCUT2D eigenvalue weighted by Gasteiger charge is -2.36. The highest BCUT2D eigenvalue weighted by atomic mass is 32.2. The van der Waals surface area contributed by atoms with Crippen LogP contribution in [0.2, 0.25) is 0 Å². The van der Waals surface area contributed by atoms with E-state index >= 15 is 0 Å². The van der Waals surface area contributed by atoms with Crippen molar-refractivity contribution < 1.29 is 8.42 Å². The average molecular weight is 328 g/mol. The molecule has 1 aromatic carbocycles. The topological polar surface area (TPSA) is 61.2 Å². The van der Waals surface area contributed by atoms with E-state index < -0.39 is 15.2 Å². The minimum atomic E-state index is -3.18. The van der Waals surface area contributed by atoms with E-state index in [2.05, 4.69) is 6.07 Å². The molecule has 7 heteroatoms. The molecule has 1 unspecified atom stereocenters. The summed E-state index contributed by atoms with van der Waals surface area (Å²) in [7, 11) is -3.18. The second-order valence-electron chi connectivity index (χ2n) is 4.52. The van der Waals surface area contributed by atoms with Crippen LogP contribution in [0.3, 0.4) is 0 Å². The monoisotopic (exact) mass is 328 g/mol. The molecule has 0 aliphatic carbocycles. The third kappa shape index (κ3) is 3.08. The Balaban J connectivity index is 2.51. The van der Waals surface area contributed by atoms with E-state index in [1.54, 1.807) is 11.8 Å². The molecule has 1 fully saturated rings. The number of nitriles is 1. The second-order valence-corrected chi connectivity index (χ2v) is 8.72. The van der Waals surface area contributed by atoms with E-state index in [0.29, 0.717) is 17.9 Å². The summed E-state index contributed by atoms with van der Waals surface area (Å²) in [5, 5.41) is 8.85. The molecule has 1 heterocycles. The quantitative estimate of drug-likeness (QED) is 0.793. The first-order valence-corrected chi connectivity index (χ1v) is 10.4. The van der Waals surface area contributed by atoms with Gasteiger partial charge in [0.2, 0.25) is 0 Å². The Morgan fingerprint density at radius 1 is 1.50 bits per heavy atom. The van der Waals surface area contributed by atoms with Crippen molar-refractivity contribution in [3.8, 4) is 6.07 Å². The van der Waals surface area contributed by atoms with Gasteiger partial charge in [-0.25, -0.2) is 8.42 Å². The molecular weight excluding hydrogens is 312 g/mol. The maximum Gasteiger partial charge on any atom is 0.169 e. The van der Waals surface area contributed by atoms with Gasteiger partial charge < -0.3 is 4.90 Å². The molecular formula is C13H16N2O2S3. The van der Waals surface area contributed by atoms with Crippen molar-refractivity contribution >= 4 is 39.0 Å². The van der Waals surface area contributed by atoms with Crippen molar-refractivity contribution in [3.05, 3.63) is 23.8 Å². The molecule has 2 rings (SSSR count). The summed E-state index contributed by atoms with van der Waals surface area (Å²) in [5.74, 6) is 1.42. The number of sulfone groups is 1. The Morgan fingerprint density at radius 2 is 2.25 bits per heavy atom. The molecule has 20 heavy (non-hydrogen) atoms. The molecule has 4 nitrogen and oxygen atoms in total. The molecule has 1 aliphatic rings. The Morgan fingerprint density at radius 3 is 2.85 bits per heavy atom. The maximum absolute atomic E-state index is 12.0. The van der Waals surface area contributed by atoms with E-state index in [0.717, 1.165) is 16.3 Å². The highest BCUT2D eigenvalue weighted by Crippen LogP contribution is 2.33. The third-order valence-corrected chi connectivity index (χ3v) is 6.65. The molecule has 0 spiro atoms. The van der Waals surface area contributed by atoms with Crippen LogP contribution in [0.4, 0.5) is 5.69 Å². The number of benzene rings is 1. The Bertz CT molecular complexity index is 638. The largest absolute Gasteiger partial charge is 0.352 e. The lowest BCUT2D eigenvalue weighted by atomic mass is 10.1. The van der Waals surface area contributed by atoms with E-state index in [4.69, 9.17) is 0 Å². The van der Waals surface area contributed by atoms with Crippen molar-refractivity contribution in [2.45, 2.75) is 10.3 Å². The van der Waals surface area contributed by atoms with Gasteiger partial charge in [-0.1, -0.05) is 6.07 Å². The summed E-state index contributed by atoms with van der Waals surface area (Å²) in [5.41, 5.74) is 1.30. The third-order valence-electron chi connectivity index (χ3n) is 3.22. The Hall–Kier alpha value is -0.840. The number of thioether (sulfide) groups is 2. The van der Waals surface area contributed by atoms with Gasteiger partial charge in [-0.2, -0.15) is 17.0 Å². The number of nitrogens with zero attached hydrogens (tertiary/aromatic N) is 2. The van der Waals surface area contributed by atoms with Crippen LogP contribution in [0, 0.1) is 11.3 Å². The fourth-order valence-corrected chi connectivity index (χ4v) is 5.65. The molecule has 0 amide bonds. The summed E-state index contributed by atoms with van der Waals surface area (Å²) in [6.07, 6.45) is 3.18. The van der Waals surface area contributed by atoms with E-state index in [-0.39, 0.29) is 0 Å². The average Bonchev–Trinajstić information content (AvgIpc) is 2.45. The van der Waals surface area contributed by atoms with Crippen molar-refractivity contribution in [3.63, 3.8) is 0 Å². The predicted octanol–water partition coefficient (Wildman–Crippen LogP) is 2.20. The Kier molecular flexibility index (Phi) is 4.89. The summed E-state index contributed by atoms with van der Waals surface area (Å²) < 4.78 is 24.0. The van der Waals surface area contributed by atoms with Crippen LogP contribution in [0.15, 0.2) is 23.1 Å². The van der Waals surface area contributed by atoms with Crippen LogP contribution in [0.5, 0.6) is 0 Å². The van der Waals surface area contributed by atoms with Crippen LogP contribution in [-0.4, -0.2) is 44.4 Å². The zero-order valence-electron chi connectivity index (χ0n) is 11.4. The fraction of sp³-hybridized carbons (Fsp3) is 0.462. The van der Waals surface area contributed by atoms with E-state index in [9.17, 15) is 13.7 Å². The van der Waals surface area contributed by atoms with Crippen molar-refractivity contribution in [2.75, 3.05) is 35.5 Å². The van der Waals surface area contributed by atoms with E-state index in [1.165, 1.54) is 18.0 Å². The second kappa shape index (κ2) is 6.29. The molecule has 0 saturated carbocycles. The first kappa shape index (κ1) is 15.5. The standard InChI is InChI=1S/C13H16N2O2S3/c1-18-12-5-3-4-11(10(12)8-14)15-6-7-19-9-13(15)20(2,16)17/h3-5,13H,6-7,9H2,1-2H3. The first-order valence-electron chi connectivity index (χ1n) is 6.09. The zero-order chi connectivity index (χ0) is 14.8. The summed E-state index contributed by atoms with van der Waals surface area (Å²) >= 11 is 3.15. The molecule has 0 aromatic heterocycles. The number of hydrogen-bond acceptors (Lipinski definition) is 6. The number of anilines is 1. The van der Waals surface area contributed by atoms with Crippen LogP contribution < -0.4 is 4.90 Å². The predicted molar refractivity (Wildman–Crippen MR) is 86.2 cm³/mol. The van der Waals surface area contributed by atoms with Gasteiger partial charge in [-0.3, -0.25) is 0 Å². The summed E-state index contributed by atoms with van der Waals surface area (Å²) in [4.78, 5) is 2.75. The van der Waals surface area contributed by atoms with Gasteiger partial charge in [0.05, 0.1) is 11.3 Å². The van der Waals surface area contributed by atoms with Gasteiger partial charge in [0.25, 0.3) is 0 Å². The van der Waals surface area contributed by atoms with Gasteiger partial charge in [-0.05, 0) is 18.4 Å². The molecule has 0 N–H and O–H groups in total. The van der Waals surface area contributed by atoms with Gasteiger partial charge in [0.1, 0.15) is 11.4 Å². The Labute approximate surface area is 128 Å². The molecule has 108 valence electrons. The van der Waals surface area contributed by atoms with Crippen molar-refractivity contribution in [1.29, 1.82) is 5.26 Å². The highest BCUT2D eigenvalue weighted by Gasteiger charge is 2.32. The van der Waals surface area contributed by atoms with Gasteiger partial charge in [0.15, 0.2) is 9.84 Å². The minimum Gasteiger partial charge on any atom is -0.352 e. The lowest BCUT2D eigenvalue weighted by molar-refractivity contribution is 0.584. The summed E-state index contributed by atoms with van der Waals surface area (Å²) in [6, 6.07) is 7.83. The van der Waals surface area contributed by atoms with Gasteiger partial charge >= 0.3 is 0 Å². The smallest absolute Gasteiger partial charge is 0.169 e. The van der Waals surface area contributed by atoms with Gasteiger partial charge in [0, 0.05) is 29.2 Å². The molecule has 1 saturated heterocycles. The van der Waals surface area contributed by atoms with E-state index in [1.807, 2.05) is 29.4 Å². The number of hydrogen-bond donors (Lipinski definition) is 0. The van der Waals surface area contributed by atoms with Crippen molar-refractivity contribution in [2.24, 2.45) is 0 Å². The molecule has 0 radical (unpaired) electrons. The molecule has 1 aromatic rings. The molecule has 1 aliphatic heterocycles. The zero-order valence-corrected chi connectivity index (χ0v) is 13.8. The van der Waals surface area contributed by atoms with Crippen molar-refractivity contribution in [1.82, 2.24) is 0 Å². The maximum atomic E-state index is 12.0. The fourth-order valence-electron chi connectivity index (χ4n) is 2.25. The highest BCUT2D eigenvalue weighted by molar-refractivity contribution is 8.01. The van der Waals surface area contributed by atoms with Crippen LogP contribution in [0.25, 0.3) is 0 Å². The first-order chi connectivity index (χ1) is 9.49. The SMILES string of the molecule is CSc1cccc(N2CCSCC2S(C)(=O)=O)c1C#N. The lowest BCUT2D eigenvalue weighted by Crippen LogP contribution is -2.47. The van der Waals surface area contributed by atoms with Crippen LogP contribution in [0.1, 0.15) is 5.56 Å². The molecule has 0 bridgehead atoms. The van der Waals surface area contributed by atoms with Crippen LogP contribution >= 0.6 is 23.5 Å².